The van der Waals surface area contributed by atoms with E-state index in [0.717, 1.165) is 49.5 Å². The Morgan fingerprint density at radius 3 is 2.48 bits per heavy atom. The topological polar surface area (TPSA) is 81.0 Å². The molecule has 0 radical (unpaired) electrons. The molecule has 31 heavy (non-hydrogen) atoms. The van der Waals surface area contributed by atoms with Gasteiger partial charge in [0.2, 0.25) is 5.96 Å². The smallest absolute Gasteiger partial charge is 0.257 e. The molecule has 1 saturated heterocycles. The number of methoxy groups -OCH3 is 1. The molecule has 1 amide bonds. The zero-order valence-electron chi connectivity index (χ0n) is 18.4. The van der Waals surface area contributed by atoms with Gasteiger partial charge in [0.15, 0.2) is 0 Å². The molecule has 0 aliphatic carbocycles. The van der Waals surface area contributed by atoms with Crippen LogP contribution in [-0.2, 0) is 0 Å². The summed E-state index contributed by atoms with van der Waals surface area (Å²) in [6.45, 7) is 7.93. The number of aliphatic imine (C=N–C) groups is 1. The highest BCUT2D eigenvalue weighted by Gasteiger charge is 2.22. The number of benzene rings is 2. The lowest BCUT2D eigenvalue weighted by molar-refractivity contribution is 0.0968. The van der Waals surface area contributed by atoms with E-state index in [9.17, 15) is 4.79 Å². The zero-order chi connectivity index (χ0) is 22.2. The lowest BCUT2D eigenvalue weighted by Crippen LogP contribution is -2.53. The van der Waals surface area contributed by atoms with Crippen molar-refractivity contribution in [1.82, 2.24) is 15.1 Å². The number of rotatable bonds is 5. The summed E-state index contributed by atoms with van der Waals surface area (Å²) < 4.78 is 5.18. The van der Waals surface area contributed by atoms with Crippen LogP contribution < -0.4 is 10.1 Å². The van der Waals surface area contributed by atoms with Crippen LogP contribution in [0.3, 0.4) is 0 Å². The summed E-state index contributed by atoms with van der Waals surface area (Å²) in [6, 6.07) is 15.3. The quantitative estimate of drug-likeness (QED) is 0.594. The molecule has 1 N–H and O–H groups in total. The van der Waals surface area contributed by atoms with Crippen molar-refractivity contribution in [3.05, 3.63) is 59.2 Å². The summed E-state index contributed by atoms with van der Waals surface area (Å²) in [6.07, 6.45) is 0.525. The number of amides is 1. The molecule has 0 atom stereocenters. The van der Waals surface area contributed by atoms with Crippen LogP contribution in [0.25, 0.3) is 0 Å². The minimum Gasteiger partial charge on any atom is -0.497 e. The van der Waals surface area contributed by atoms with E-state index < -0.39 is 0 Å². The fourth-order valence-electron chi connectivity index (χ4n) is 3.44. The first-order valence-electron chi connectivity index (χ1n) is 10.5. The van der Waals surface area contributed by atoms with Crippen molar-refractivity contribution in [2.75, 3.05) is 39.8 Å². The molecule has 7 nitrogen and oxygen atoms in total. The molecular formula is C24H29N5O2. The van der Waals surface area contributed by atoms with Crippen LogP contribution in [-0.4, -0.2) is 61.5 Å². The van der Waals surface area contributed by atoms with Gasteiger partial charge in [-0.2, -0.15) is 5.26 Å². The van der Waals surface area contributed by atoms with Crippen LogP contribution >= 0.6 is 0 Å². The Bertz CT molecular complexity index is 970. The number of piperazine rings is 1. The summed E-state index contributed by atoms with van der Waals surface area (Å²) in [4.78, 5) is 22.2. The standard InChI is InChI=1S/C24H29N5O2/c1-18-5-6-19(2)22(17-18)26-24(29-15-13-28(14-16-29)12-4-11-25)27-23(30)20-7-9-21(31-3)10-8-20/h5-10,17H,4,12-16H2,1-3H3,(H,26,27,30). The first-order chi connectivity index (χ1) is 15.0. The number of nitrogens with one attached hydrogen (secondary N) is 1. The predicted octanol–water partition coefficient (Wildman–Crippen LogP) is 3.26. The van der Waals surface area contributed by atoms with Crippen molar-refractivity contribution in [2.24, 2.45) is 4.99 Å². The number of carbonyl (C=O) groups is 1. The van der Waals surface area contributed by atoms with Crippen LogP contribution in [0, 0.1) is 25.2 Å². The highest BCUT2D eigenvalue weighted by Crippen LogP contribution is 2.21. The Balaban J connectivity index is 1.82. The van der Waals surface area contributed by atoms with Gasteiger partial charge in [0.1, 0.15) is 5.75 Å². The zero-order valence-corrected chi connectivity index (χ0v) is 18.4. The average molecular weight is 420 g/mol. The molecule has 0 bridgehead atoms. The van der Waals surface area contributed by atoms with Gasteiger partial charge in [-0.1, -0.05) is 12.1 Å². The third-order valence-corrected chi connectivity index (χ3v) is 5.38. The number of aryl methyl sites for hydroxylation is 2. The molecule has 2 aromatic carbocycles. The highest BCUT2D eigenvalue weighted by molar-refractivity contribution is 6.06. The summed E-state index contributed by atoms with van der Waals surface area (Å²) in [5, 5.41) is 11.8. The van der Waals surface area contributed by atoms with Crippen molar-refractivity contribution in [1.29, 1.82) is 5.26 Å². The average Bonchev–Trinajstić information content (AvgIpc) is 2.80. The van der Waals surface area contributed by atoms with E-state index in [1.807, 2.05) is 26.0 Å². The third-order valence-electron chi connectivity index (χ3n) is 5.38. The van der Waals surface area contributed by atoms with E-state index in [2.05, 4.69) is 27.3 Å². The fourth-order valence-corrected chi connectivity index (χ4v) is 3.44. The monoisotopic (exact) mass is 419 g/mol. The second-order valence-corrected chi connectivity index (χ2v) is 7.64. The van der Waals surface area contributed by atoms with Gasteiger partial charge in [0.25, 0.3) is 5.91 Å². The molecule has 0 spiro atoms. The predicted molar refractivity (Wildman–Crippen MR) is 122 cm³/mol. The van der Waals surface area contributed by atoms with Crippen LogP contribution in [0.1, 0.15) is 27.9 Å². The van der Waals surface area contributed by atoms with E-state index >= 15 is 0 Å². The lowest BCUT2D eigenvalue weighted by Gasteiger charge is -2.36. The number of nitriles is 1. The molecular weight excluding hydrogens is 390 g/mol. The summed E-state index contributed by atoms with van der Waals surface area (Å²) in [5.74, 6) is 1.04. The number of hydrogen-bond acceptors (Lipinski definition) is 5. The van der Waals surface area contributed by atoms with Gasteiger partial charge in [-0.05, 0) is 55.3 Å². The van der Waals surface area contributed by atoms with Gasteiger partial charge >= 0.3 is 0 Å². The van der Waals surface area contributed by atoms with Gasteiger partial charge in [0.05, 0.1) is 18.9 Å². The molecule has 1 heterocycles. The maximum atomic E-state index is 12.9. The van der Waals surface area contributed by atoms with E-state index in [0.29, 0.717) is 23.7 Å². The Hall–Kier alpha value is -3.37. The number of carbonyl (C=O) groups excluding carboxylic acids is 1. The normalized spacial score (nSPS) is 14.8. The number of hydrogen-bond donors (Lipinski definition) is 1. The molecule has 0 saturated carbocycles. The van der Waals surface area contributed by atoms with Gasteiger partial charge < -0.3 is 9.64 Å². The molecule has 1 aliphatic rings. The van der Waals surface area contributed by atoms with Crippen LogP contribution in [0.15, 0.2) is 47.5 Å². The molecule has 1 fully saturated rings. The highest BCUT2D eigenvalue weighted by atomic mass is 16.5. The third kappa shape index (κ3) is 6.06. The first-order valence-corrected chi connectivity index (χ1v) is 10.5. The molecule has 7 heteroatoms. The maximum absolute atomic E-state index is 12.9. The fraction of sp³-hybridized carbons (Fsp3) is 0.375. The van der Waals surface area contributed by atoms with E-state index in [1.165, 1.54) is 0 Å². The molecule has 162 valence electrons. The Morgan fingerprint density at radius 1 is 1.13 bits per heavy atom. The second kappa shape index (κ2) is 10.6. The molecule has 2 aromatic rings. The van der Waals surface area contributed by atoms with Gasteiger partial charge in [-0.3, -0.25) is 15.0 Å². The van der Waals surface area contributed by atoms with Crippen molar-refractivity contribution >= 4 is 17.6 Å². The van der Waals surface area contributed by atoms with Crippen molar-refractivity contribution < 1.29 is 9.53 Å². The Morgan fingerprint density at radius 2 is 1.84 bits per heavy atom. The second-order valence-electron chi connectivity index (χ2n) is 7.64. The SMILES string of the molecule is COc1ccc(C(=O)NC(=Nc2cc(C)ccc2C)N2CCN(CCC#N)CC2)cc1. The number of ether oxygens (including phenoxy) is 1. The minimum atomic E-state index is -0.210. The minimum absolute atomic E-state index is 0.210. The lowest BCUT2D eigenvalue weighted by atomic mass is 10.1. The van der Waals surface area contributed by atoms with Crippen molar-refractivity contribution in [3.8, 4) is 11.8 Å². The van der Waals surface area contributed by atoms with Crippen LogP contribution in [0.4, 0.5) is 5.69 Å². The largest absolute Gasteiger partial charge is 0.497 e. The van der Waals surface area contributed by atoms with E-state index in [1.54, 1.807) is 31.4 Å². The molecule has 0 unspecified atom stereocenters. The molecule has 0 aromatic heterocycles. The van der Waals surface area contributed by atoms with Crippen molar-refractivity contribution in [2.45, 2.75) is 20.3 Å². The Labute approximate surface area is 183 Å². The maximum Gasteiger partial charge on any atom is 0.257 e. The first kappa shape index (κ1) is 22.3. The molecule has 3 rings (SSSR count). The number of guanidine groups is 1. The summed E-state index contributed by atoms with van der Waals surface area (Å²) in [5.41, 5.74) is 3.56. The Kier molecular flexibility index (Phi) is 7.63. The van der Waals surface area contributed by atoms with Crippen molar-refractivity contribution in [3.63, 3.8) is 0 Å². The van der Waals surface area contributed by atoms with Gasteiger partial charge in [-0.15, -0.1) is 0 Å². The number of nitrogens with zero attached hydrogens (tertiary/aromatic N) is 4. The van der Waals surface area contributed by atoms with Gasteiger partial charge in [0, 0.05) is 44.7 Å². The van der Waals surface area contributed by atoms with Crippen LogP contribution in [0.5, 0.6) is 5.75 Å². The summed E-state index contributed by atoms with van der Waals surface area (Å²) >= 11 is 0. The van der Waals surface area contributed by atoms with E-state index in [4.69, 9.17) is 15.0 Å². The van der Waals surface area contributed by atoms with Crippen LogP contribution in [0.2, 0.25) is 0 Å². The summed E-state index contributed by atoms with van der Waals surface area (Å²) in [7, 11) is 1.60. The van der Waals surface area contributed by atoms with E-state index in [-0.39, 0.29) is 5.91 Å². The molecule has 1 aliphatic heterocycles. The van der Waals surface area contributed by atoms with Gasteiger partial charge in [-0.25, -0.2) is 4.99 Å².